The van der Waals surface area contributed by atoms with Crippen LogP contribution in [0.4, 0.5) is 17.7 Å². The van der Waals surface area contributed by atoms with Gasteiger partial charge in [-0.1, -0.05) is 6.07 Å². The Morgan fingerprint density at radius 2 is 1.92 bits per heavy atom. The number of alkyl halides is 3. The highest BCUT2D eigenvalue weighted by Gasteiger charge is 2.32. The Morgan fingerprint density at radius 3 is 2.42 bits per heavy atom. The number of hydrogen-bond donors (Lipinski definition) is 0. The highest BCUT2D eigenvalue weighted by Crippen LogP contribution is 2.28. The first-order valence-electron chi connectivity index (χ1n) is 2.87. The zero-order valence-corrected chi connectivity index (χ0v) is 5.60. The number of aromatic nitrogens is 1. The summed E-state index contributed by atoms with van der Waals surface area (Å²) in [6.45, 7) is 0. The zero-order chi connectivity index (χ0) is 9.19. The lowest BCUT2D eigenvalue weighted by Crippen LogP contribution is -2.07. The third-order valence-corrected chi connectivity index (χ3v) is 1.09. The van der Waals surface area contributed by atoms with Crippen LogP contribution >= 0.6 is 0 Å². The molecule has 0 saturated heterocycles. The summed E-state index contributed by atoms with van der Waals surface area (Å²) in [6, 6.07) is 2.71. The van der Waals surface area contributed by atoms with Gasteiger partial charge in [-0.15, -0.1) is 0 Å². The largest absolute Gasteiger partial charge is 0.433 e. The van der Waals surface area contributed by atoms with Crippen LogP contribution in [-0.4, -0.2) is 4.98 Å². The minimum Gasteiger partial charge on any atom is -0.274 e. The molecular weight excluding hydrogens is 178 g/mol. The van der Waals surface area contributed by atoms with Gasteiger partial charge in [0, 0.05) is 10.6 Å². The molecule has 0 aromatic carbocycles. The Hall–Kier alpha value is -1.33. The van der Waals surface area contributed by atoms with Crippen molar-refractivity contribution in [2.45, 2.75) is 6.18 Å². The van der Waals surface area contributed by atoms with Crippen LogP contribution in [0, 0.1) is 0 Å². The molecule has 0 saturated carbocycles. The van der Waals surface area contributed by atoms with Crippen molar-refractivity contribution in [1.29, 1.82) is 0 Å². The summed E-state index contributed by atoms with van der Waals surface area (Å²) >= 11 is 0. The fourth-order valence-corrected chi connectivity index (χ4v) is 0.616. The van der Waals surface area contributed by atoms with E-state index in [2.05, 4.69) is 9.93 Å². The smallest absolute Gasteiger partial charge is 0.274 e. The highest BCUT2D eigenvalue weighted by molar-refractivity contribution is 5.17. The molecule has 1 aromatic rings. The van der Waals surface area contributed by atoms with Gasteiger partial charge in [0.1, 0.15) is 5.69 Å². The summed E-state index contributed by atoms with van der Waals surface area (Å²) in [5.41, 5.74) is -1.18. The van der Waals surface area contributed by atoms with Crippen LogP contribution in [-0.2, 0) is 6.18 Å². The minimum atomic E-state index is -4.57. The third kappa shape index (κ3) is 1.84. The van der Waals surface area contributed by atoms with Crippen molar-refractivity contribution in [2.24, 2.45) is 0 Å². The summed E-state index contributed by atoms with van der Waals surface area (Å²) in [7, 11) is 0. The SMILES string of the molecule is FOc1cccc(C(F)(F)F)n1. The van der Waals surface area contributed by atoms with E-state index in [-0.39, 0.29) is 0 Å². The van der Waals surface area contributed by atoms with Crippen molar-refractivity contribution < 1.29 is 22.6 Å². The van der Waals surface area contributed by atoms with Gasteiger partial charge in [0.05, 0.1) is 0 Å². The van der Waals surface area contributed by atoms with Gasteiger partial charge in [-0.25, -0.2) is 4.98 Å². The Balaban J connectivity index is 3.02. The molecule has 0 fully saturated rings. The Labute approximate surface area is 64.7 Å². The van der Waals surface area contributed by atoms with Crippen LogP contribution in [0.15, 0.2) is 18.2 Å². The van der Waals surface area contributed by atoms with E-state index in [1.165, 1.54) is 0 Å². The van der Waals surface area contributed by atoms with Gasteiger partial charge in [-0.3, -0.25) is 4.94 Å². The van der Waals surface area contributed by atoms with E-state index in [4.69, 9.17) is 0 Å². The fourth-order valence-electron chi connectivity index (χ4n) is 0.616. The van der Waals surface area contributed by atoms with Crippen LogP contribution in [0.25, 0.3) is 0 Å². The Bertz CT molecular complexity index is 272. The average molecular weight is 181 g/mol. The second-order valence-electron chi connectivity index (χ2n) is 1.94. The van der Waals surface area contributed by atoms with Gasteiger partial charge in [-0.2, -0.15) is 13.2 Å². The van der Waals surface area contributed by atoms with E-state index in [1.54, 1.807) is 0 Å². The molecule has 0 atom stereocenters. The van der Waals surface area contributed by atoms with Crippen LogP contribution in [0.2, 0.25) is 0 Å². The zero-order valence-electron chi connectivity index (χ0n) is 5.60. The molecule has 6 heteroatoms. The number of pyridine rings is 1. The number of hydrogen-bond acceptors (Lipinski definition) is 2. The molecule has 0 aliphatic rings. The van der Waals surface area contributed by atoms with Crippen LogP contribution in [0.3, 0.4) is 0 Å². The van der Waals surface area contributed by atoms with E-state index < -0.39 is 17.8 Å². The van der Waals surface area contributed by atoms with Gasteiger partial charge >= 0.3 is 6.18 Å². The lowest BCUT2D eigenvalue weighted by molar-refractivity contribution is -0.142. The highest BCUT2D eigenvalue weighted by atomic mass is 19.4. The van der Waals surface area contributed by atoms with Gasteiger partial charge in [0.15, 0.2) is 0 Å². The molecular formula is C6H3F4NO. The monoisotopic (exact) mass is 181 g/mol. The minimum absolute atomic E-state index is 0.704. The van der Waals surface area contributed by atoms with E-state index in [0.29, 0.717) is 0 Å². The maximum Gasteiger partial charge on any atom is 0.433 e. The third-order valence-electron chi connectivity index (χ3n) is 1.09. The second kappa shape index (κ2) is 2.96. The van der Waals surface area contributed by atoms with Gasteiger partial charge in [0.2, 0.25) is 0 Å². The molecule has 0 spiro atoms. The van der Waals surface area contributed by atoms with E-state index >= 15 is 0 Å². The maximum atomic E-state index is 11.9. The van der Waals surface area contributed by atoms with Gasteiger partial charge in [-0.05, 0) is 6.07 Å². The topological polar surface area (TPSA) is 22.1 Å². The van der Waals surface area contributed by atoms with Crippen molar-refractivity contribution in [3.05, 3.63) is 23.9 Å². The molecule has 0 bridgehead atoms. The van der Waals surface area contributed by atoms with E-state index in [0.717, 1.165) is 18.2 Å². The molecule has 1 rings (SSSR count). The molecule has 2 nitrogen and oxygen atoms in total. The van der Waals surface area contributed by atoms with Gasteiger partial charge in [0.25, 0.3) is 5.88 Å². The first-order chi connectivity index (χ1) is 5.54. The van der Waals surface area contributed by atoms with Crippen molar-refractivity contribution in [3.8, 4) is 5.88 Å². The molecule has 0 radical (unpaired) electrons. The fraction of sp³-hybridized carbons (Fsp3) is 0.167. The summed E-state index contributed by atoms with van der Waals surface area (Å²) in [5.74, 6) is -0.704. The molecule has 0 amide bonds. The second-order valence-corrected chi connectivity index (χ2v) is 1.94. The van der Waals surface area contributed by atoms with Crippen LogP contribution in [0.5, 0.6) is 5.88 Å². The molecule has 1 heterocycles. The lowest BCUT2D eigenvalue weighted by Gasteiger charge is -2.04. The molecule has 0 unspecified atom stereocenters. The summed E-state index contributed by atoms with van der Waals surface area (Å²) in [6.07, 6.45) is -4.57. The maximum absolute atomic E-state index is 11.9. The van der Waals surface area contributed by atoms with E-state index in [1.807, 2.05) is 0 Å². The van der Waals surface area contributed by atoms with E-state index in [9.17, 15) is 17.7 Å². The first-order valence-corrected chi connectivity index (χ1v) is 2.87. The molecule has 0 aliphatic heterocycles. The molecule has 0 N–H and O–H groups in total. The number of halogens is 4. The predicted octanol–water partition coefficient (Wildman–Crippen LogP) is 2.36. The number of nitrogens with zero attached hydrogens (tertiary/aromatic N) is 1. The quantitative estimate of drug-likeness (QED) is 0.620. The Kier molecular flexibility index (Phi) is 2.16. The average Bonchev–Trinajstić information content (AvgIpc) is 2.03. The number of rotatable bonds is 1. The van der Waals surface area contributed by atoms with Gasteiger partial charge < -0.3 is 0 Å². The van der Waals surface area contributed by atoms with Crippen LogP contribution in [0.1, 0.15) is 5.69 Å². The van der Waals surface area contributed by atoms with Crippen molar-refractivity contribution >= 4 is 0 Å². The standard InChI is InChI=1S/C6H3F4NO/c7-6(8,9)4-2-1-3-5(11-4)12-10/h1-3H. The summed E-state index contributed by atoms with van der Waals surface area (Å²) in [4.78, 5) is 5.88. The molecule has 12 heavy (non-hydrogen) atoms. The molecule has 66 valence electrons. The first kappa shape index (κ1) is 8.76. The Morgan fingerprint density at radius 1 is 1.25 bits per heavy atom. The molecule has 1 aromatic heterocycles. The predicted molar refractivity (Wildman–Crippen MR) is 31.0 cm³/mol. The van der Waals surface area contributed by atoms with Crippen molar-refractivity contribution in [2.75, 3.05) is 0 Å². The van der Waals surface area contributed by atoms with Crippen molar-refractivity contribution in [1.82, 2.24) is 4.98 Å². The molecule has 0 aliphatic carbocycles. The van der Waals surface area contributed by atoms with Crippen molar-refractivity contribution in [3.63, 3.8) is 0 Å². The summed E-state index contributed by atoms with van der Waals surface area (Å²) in [5, 5.41) is 0. The normalized spacial score (nSPS) is 11.3. The van der Waals surface area contributed by atoms with Crippen LogP contribution < -0.4 is 4.94 Å². The summed E-state index contributed by atoms with van der Waals surface area (Å²) < 4.78 is 47.0. The lowest BCUT2D eigenvalue weighted by atomic mass is 10.3.